The van der Waals surface area contributed by atoms with Gasteiger partial charge in [-0.05, 0) is 25.5 Å². The summed E-state index contributed by atoms with van der Waals surface area (Å²) in [6.07, 6.45) is 3.55. The van der Waals surface area contributed by atoms with E-state index < -0.39 is 5.97 Å². The van der Waals surface area contributed by atoms with E-state index in [9.17, 15) is 9.59 Å². The molecule has 1 atom stereocenters. The van der Waals surface area contributed by atoms with Crippen LogP contribution in [0.2, 0.25) is 0 Å². The summed E-state index contributed by atoms with van der Waals surface area (Å²) in [6.45, 7) is 3.51. The van der Waals surface area contributed by atoms with Crippen LogP contribution in [0.4, 0.5) is 0 Å². The van der Waals surface area contributed by atoms with E-state index in [0.717, 1.165) is 6.42 Å². The Morgan fingerprint density at radius 3 is 2.24 bits per heavy atom. The molecule has 0 radical (unpaired) electrons. The SMILES string of the molecule is CC[C@H](C)NC(=O)COC(=O)/C=C/c1cc(OC)c(OC)cc1OC. The molecule has 0 aromatic heterocycles. The highest BCUT2D eigenvalue weighted by Crippen LogP contribution is 2.35. The maximum Gasteiger partial charge on any atom is 0.331 e. The molecule has 0 saturated heterocycles. The first-order valence-electron chi connectivity index (χ1n) is 7.89. The summed E-state index contributed by atoms with van der Waals surface area (Å²) >= 11 is 0. The van der Waals surface area contributed by atoms with Gasteiger partial charge in [-0.1, -0.05) is 6.92 Å². The number of ether oxygens (including phenoxy) is 4. The van der Waals surface area contributed by atoms with Crippen LogP contribution in [0.5, 0.6) is 17.2 Å². The number of methoxy groups -OCH3 is 3. The summed E-state index contributed by atoms with van der Waals surface area (Å²) in [4.78, 5) is 23.4. The molecule has 0 fully saturated rings. The molecule has 0 aliphatic heterocycles. The fourth-order valence-corrected chi connectivity index (χ4v) is 1.94. The maximum atomic E-state index is 11.8. The fourth-order valence-electron chi connectivity index (χ4n) is 1.94. The first-order valence-corrected chi connectivity index (χ1v) is 7.89. The molecular weight excluding hydrogens is 326 g/mol. The summed E-state index contributed by atoms with van der Waals surface area (Å²) in [5.41, 5.74) is 0.612. The Labute approximate surface area is 147 Å². The van der Waals surface area contributed by atoms with E-state index in [1.807, 2.05) is 13.8 Å². The van der Waals surface area contributed by atoms with Crippen molar-refractivity contribution in [3.05, 3.63) is 23.8 Å². The molecule has 1 amide bonds. The minimum absolute atomic E-state index is 0.0396. The Morgan fingerprint density at radius 2 is 1.68 bits per heavy atom. The zero-order chi connectivity index (χ0) is 18.8. The van der Waals surface area contributed by atoms with Crippen molar-refractivity contribution >= 4 is 18.0 Å². The molecule has 1 N–H and O–H groups in total. The Morgan fingerprint density at radius 1 is 1.08 bits per heavy atom. The normalized spacial score (nSPS) is 11.7. The van der Waals surface area contributed by atoms with Crippen LogP contribution < -0.4 is 19.5 Å². The zero-order valence-electron chi connectivity index (χ0n) is 15.3. The lowest BCUT2D eigenvalue weighted by atomic mass is 10.1. The standard InChI is InChI=1S/C18H25NO6/c1-6-12(2)19-17(20)11-25-18(21)8-7-13-9-15(23-4)16(24-5)10-14(13)22-3/h7-10,12H,6,11H2,1-5H3,(H,19,20)/b8-7+/t12-/m0/s1. The number of carbonyl (C=O) groups excluding carboxylic acids is 2. The van der Waals surface area contributed by atoms with Gasteiger partial charge in [-0.3, -0.25) is 4.79 Å². The highest BCUT2D eigenvalue weighted by atomic mass is 16.5. The van der Waals surface area contributed by atoms with E-state index in [-0.39, 0.29) is 18.6 Å². The van der Waals surface area contributed by atoms with E-state index in [4.69, 9.17) is 18.9 Å². The zero-order valence-corrected chi connectivity index (χ0v) is 15.3. The van der Waals surface area contributed by atoms with Gasteiger partial charge in [0.05, 0.1) is 21.3 Å². The summed E-state index contributed by atoms with van der Waals surface area (Å²) in [5, 5.41) is 2.71. The lowest BCUT2D eigenvalue weighted by molar-refractivity contribution is -0.144. The van der Waals surface area contributed by atoms with Crippen LogP contribution in [0, 0.1) is 0 Å². The highest BCUT2D eigenvalue weighted by molar-refractivity contribution is 5.90. The third-order valence-electron chi connectivity index (χ3n) is 3.50. The molecule has 25 heavy (non-hydrogen) atoms. The molecule has 0 unspecified atom stereocenters. The molecule has 0 aliphatic rings. The molecular formula is C18H25NO6. The predicted molar refractivity (Wildman–Crippen MR) is 94.0 cm³/mol. The number of rotatable bonds is 9. The number of amides is 1. The molecule has 1 rings (SSSR count). The van der Waals surface area contributed by atoms with Crippen LogP contribution in [-0.2, 0) is 14.3 Å². The lowest BCUT2D eigenvalue weighted by Crippen LogP contribution is -2.35. The number of esters is 1. The third kappa shape index (κ3) is 6.37. The van der Waals surface area contributed by atoms with Gasteiger partial charge in [0.2, 0.25) is 0 Å². The lowest BCUT2D eigenvalue weighted by Gasteiger charge is -2.12. The second-order valence-corrected chi connectivity index (χ2v) is 5.27. The quantitative estimate of drug-likeness (QED) is 0.542. The number of carbonyl (C=O) groups is 2. The van der Waals surface area contributed by atoms with Gasteiger partial charge >= 0.3 is 5.97 Å². The van der Waals surface area contributed by atoms with Gasteiger partial charge in [-0.2, -0.15) is 0 Å². The van der Waals surface area contributed by atoms with Gasteiger partial charge in [0.1, 0.15) is 5.75 Å². The Hall–Kier alpha value is -2.70. The Bertz CT molecular complexity index is 626. The van der Waals surface area contributed by atoms with Crippen molar-refractivity contribution in [3.8, 4) is 17.2 Å². The van der Waals surface area contributed by atoms with Crippen molar-refractivity contribution in [3.63, 3.8) is 0 Å². The number of benzene rings is 1. The van der Waals surface area contributed by atoms with Gasteiger partial charge in [-0.15, -0.1) is 0 Å². The topological polar surface area (TPSA) is 83.1 Å². The molecule has 1 aromatic carbocycles. The molecule has 0 aliphatic carbocycles. The van der Waals surface area contributed by atoms with Crippen molar-refractivity contribution in [2.75, 3.05) is 27.9 Å². The van der Waals surface area contributed by atoms with Gasteiger partial charge < -0.3 is 24.3 Å². The second kappa shape index (κ2) is 10.2. The Kier molecular flexibility index (Phi) is 8.32. The third-order valence-corrected chi connectivity index (χ3v) is 3.50. The monoisotopic (exact) mass is 351 g/mol. The fraction of sp³-hybridized carbons (Fsp3) is 0.444. The van der Waals surface area contributed by atoms with E-state index >= 15 is 0 Å². The van der Waals surface area contributed by atoms with Crippen LogP contribution in [0.25, 0.3) is 6.08 Å². The van der Waals surface area contributed by atoms with Crippen molar-refractivity contribution < 1.29 is 28.5 Å². The van der Waals surface area contributed by atoms with Gasteiger partial charge in [0, 0.05) is 23.7 Å². The number of hydrogen-bond donors (Lipinski definition) is 1. The van der Waals surface area contributed by atoms with Crippen LogP contribution in [0.3, 0.4) is 0 Å². The van der Waals surface area contributed by atoms with Crippen LogP contribution in [0.15, 0.2) is 18.2 Å². The summed E-state index contributed by atoms with van der Waals surface area (Å²) in [5.74, 6) is 0.567. The highest BCUT2D eigenvalue weighted by Gasteiger charge is 2.11. The summed E-state index contributed by atoms with van der Waals surface area (Å²) in [6, 6.07) is 3.37. The number of nitrogens with one attached hydrogen (secondary N) is 1. The van der Waals surface area contributed by atoms with Crippen molar-refractivity contribution in [1.29, 1.82) is 0 Å². The van der Waals surface area contributed by atoms with Crippen molar-refractivity contribution in [2.45, 2.75) is 26.3 Å². The van der Waals surface area contributed by atoms with E-state index in [0.29, 0.717) is 22.8 Å². The molecule has 0 bridgehead atoms. The molecule has 0 saturated carbocycles. The number of hydrogen-bond acceptors (Lipinski definition) is 6. The molecule has 7 nitrogen and oxygen atoms in total. The summed E-state index contributed by atoms with van der Waals surface area (Å²) < 4.78 is 20.6. The first kappa shape index (κ1) is 20.3. The predicted octanol–water partition coefficient (Wildman–Crippen LogP) is 2.18. The maximum absolute atomic E-state index is 11.8. The van der Waals surface area contributed by atoms with Crippen molar-refractivity contribution in [1.82, 2.24) is 5.32 Å². The van der Waals surface area contributed by atoms with Gasteiger partial charge in [0.15, 0.2) is 18.1 Å². The molecule has 0 heterocycles. The minimum atomic E-state index is -0.629. The minimum Gasteiger partial charge on any atom is -0.496 e. The van der Waals surface area contributed by atoms with Crippen LogP contribution in [0.1, 0.15) is 25.8 Å². The van der Waals surface area contributed by atoms with E-state index in [1.165, 1.54) is 33.5 Å². The van der Waals surface area contributed by atoms with E-state index in [1.54, 1.807) is 12.1 Å². The van der Waals surface area contributed by atoms with Gasteiger partial charge in [-0.25, -0.2) is 4.79 Å². The average molecular weight is 351 g/mol. The molecule has 138 valence electrons. The van der Waals surface area contributed by atoms with Crippen LogP contribution in [-0.4, -0.2) is 45.9 Å². The molecule has 0 spiro atoms. The second-order valence-electron chi connectivity index (χ2n) is 5.27. The Balaban J connectivity index is 2.74. The smallest absolute Gasteiger partial charge is 0.331 e. The van der Waals surface area contributed by atoms with Gasteiger partial charge in [0.25, 0.3) is 5.91 Å². The largest absolute Gasteiger partial charge is 0.496 e. The van der Waals surface area contributed by atoms with Crippen molar-refractivity contribution in [2.24, 2.45) is 0 Å². The first-order chi connectivity index (χ1) is 11.9. The van der Waals surface area contributed by atoms with E-state index in [2.05, 4.69) is 5.32 Å². The average Bonchev–Trinajstić information content (AvgIpc) is 2.63. The molecule has 7 heteroatoms. The summed E-state index contributed by atoms with van der Waals surface area (Å²) in [7, 11) is 4.55. The molecule has 1 aromatic rings. The van der Waals surface area contributed by atoms with Crippen LogP contribution >= 0.6 is 0 Å².